The van der Waals surface area contributed by atoms with E-state index in [0.29, 0.717) is 6.42 Å². The fourth-order valence-corrected chi connectivity index (χ4v) is 2.91. The molecule has 1 atom stereocenters. The first-order valence-corrected chi connectivity index (χ1v) is 7.88. The quantitative estimate of drug-likeness (QED) is 0.859. The number of carbonyl (C=O) groups is 1. The van der Waals surface area contributed by atoms with Gasteiger partial charge in [-0.3, -0.25) is 4.79 Å². The number of ketones is 1. The zero-order valence-electron chi connectivity index (χ0n) is 13.5. The number of benzene rings is 2. The van der Waals surface area contributed by atoms with Crippen molar-refractivity contribution in [2.24, 2.45) is 0 Å². The van der Waals surface area contributed by atoms with E-state index in [2.05, 4.69) is 24.4 Å². The van der Waals surface area contributed by atoms with Gasteiger partial charge in [0.15, 0.2) is 5.78 Å². The molecule has 0 heterocycles. The Kier molecular flexibility index (Phi) is 4.47. The van der Waals surface area contributed by atoms with E-state index >= 15 is 0 Å². The monoisotopic (exact) mass is 307 g/mol. The highest BCUT2D eigenvalue weighted by molar-refractivity contribution is 6.13. The van der Waals surface area contributed by atoms with E-state index in [1.165, 1.54) is 5.56 Å². The number of carbonyl (C=O) groups excluding carboxylic acids is 1. The predicted octanol–water partition coefficient (Wildman–Crippen LogP) is 3.54. The van der Waals surface area contributed by atoms with Gasteiger partial charge < -0.3 is 10.1 Å². The SMILES string of the molecule is COc1ccc2c(c1)C/C(=C/NC(C)Cc1ccccc1)C2=O. The van der Waals surface area contributed by atoms with Crippen molar-refractivity contribution >= 4 is 5.78 Å². The smallest absolute Gasteiger partial charge is 0.191 e. The van der Waals surface area contributed by atoms with Gasteiger partial charge in [0, 0.05) is 29.8 Å². The number of allylic oxidation sites excluding steroid dienone is 1. The van der Waals surface area contributed by atoms with E-state index in [-0.39, 0.29) is 11.8 Å². The third-order valence-corrected chi connectivity index (χ3v) is 4.16. The maximum atomic E-state index is 12.4. The highest BCUT2D eigenvalue weighted by Crippen LogP contribution is 2.29. The molecular weight excluding hydrogens is 286 g/mol. The lowest BCUT2D eigenvalue weighted by Gasteiger charge is -2.12. The number of methoxy groups -OCH3 is 1. The zero-order chi connectivity index (χ0) is 16.2. The molecule has 0 amide bonds. The highest BCUT2D eigenvalue weighted by atomic mass is 16.5. The minimum absolute atomic E-state index is 0.113. The normalized spacial score (nSPS) is 16.3. The molecule has 0 bridgehead atoms. The summed E-state index contributed by atoms with van der Waals surface area (Å²) in [6.07, 6.45) is 3.47. The van der Waals surface area contributed by atoms with Gasteiger partial charge in [-0.05, 0) is 42.7 Å². The van der Waals surface area contributed by atoms with Crippen molar-refractivity contribution in [3.05, 3.63) is 77.0 Å². The van der Waals surface area contributed by atoms with Crippen molar-refractivity contribution in [2.75, 3.05) is 7.11 Å². The molecule has 3 heteroatoms. The van der Waals surface area contributed by atoms with Crippen LogP contribution >= 0.6 is 0 Å². The van der Waals surface area contributed by atoms with Gasteiger partial charge in [0.1, 0.15) is 5.75 Å². The van der Waals surface area contributed by atoms with Gasteiger partial charge in [-0.2, -0.15) is 0 Å². The Balaban J connectivity index is 1.66. The van der Waals surface area contributed by atoms with Crippen molar-refractivity contribution < 1.29 is 9.53 Å². The van der Waals surface area contributed by atoms with Crippen LogP contribution in [0.25, 0.3) is 0 Å². The predicted molar refractivity (Wildman–Crippen MR) is 91.9 cm³/mol. The summed E-state index contributed by atoms with van der Waals surface area (Å²) in [5, 5.41) is 3.35. The van der Waals surface area contributed by atoms with Crippen LogP contribution in [-0.2, 0) is 12.8 Å². The molecule has 1 aliphatic rings. The van der Waals surface area contributed by atoms with E-state index < -0.39 is 0 Å². The van der Waals surface area contributed by atoms with Gasteiger partial charge in [-0.1, -0.05) is 30.3 Å². The van der Waals surface area contributed by atoms with Crippen LogP contribution in [0.5, 0.6) is 5.75 Å². The summed E-state index contributed by atoms with van der Waals surface area (Å²) in [7, 11) is 1.64. The van der Waals surface area contributed by atoms with Gasteiger partial charge in [0.25, 0.3) is 0 Å². The fourth-order valence-electron chi connectivity index (χ4n) is 2.91. The van der Waals surface area contributed by atoms with Gasteiger partial charge in [0.2, 0.25) is 0 Å². The summed E-state index contributed by atoms with van der Waals surface area (Å²) in [6.45, 7) is 2.12. The van der Waals surface area contributed by atoms with Crippen molar-refractivity contribution in [3.63, 3.8) is 0 Å². The first-order valence-electron chi connectivity index (χ1n) is 7.88. The first kappa shape index (κ1) is 15.3. The maximum absolute atomic E-state index is 12.4. The maximum Gasteiger partial charge on any atom is 0.191 e. The number of hydrogen-bond donors (Lipinski definition) is 1. The average molecular weight is 307 g/mol. The second-order valence-electron chi connectivity index (χ2n) is 5.96. The molecule has 0 fully saturated rings. The van der Waals surface area contributed by atoms with Crippen molar-refractivity contribution in [1.29, 1.82) is 0 Å². The van der Waals surface area contributed by atoms with Crippen LogP contribution < -0.4 is 10.1 Å². The van der Waals surface area contributed by atoms with E-state index in [1.54, 1.807) is 7.11 Å². The molecule has 118 valence electrons. The molecule has 0 spiro atoms. The highest BCUT2D eigenvalue weighted by Gasteiger charge is 2.25. The number of nitrogens with one attached hydrogen (secondary N) is 1. The number of fused-ring (bicyclic) bond motifs is 1. The second kappa shape index (κ2) is 6.69. The van der Waals surface area contributed by atoms with Crippen molar-refractivity contribution in [2.45, 2.75) is 25.8 Å². The first-order chi connectivity index (χ1) is 11.2. The molecule has 0 aromatic heterocycles. The standard InChI is InChI=1S/C20H21NO2/c1-14(10-15-6-4-3-5-7-15)21-13-17-11-16-12-18(23-2)8-9-19(16)20(17)22/h3-9,12-14,21H,10-11H2,1-2H3/b17-13-. The summed E-state index contributed by atoms with van der Waals surface area (Å²) < 4.78 is 5.23. The lowest BCUT2D eigenvalue weighted by molar-refractivity contribution is 0.103. The van der Waals surface area contributed by atoms with Gasteiger partial charge in [-0.15, -0.1) is 0 Å². The lowest BCUT2D eigenvalue weighted by Crippen LogP contribution is -2.24. The largest absolute Gasteiger partial charge is 0.497 e. The molecule has 0 radical (unpaired) electrons. The minimum atomic E-state index is 0.113. The van der Waals surface area contributed by atoms with E-state index in [9.17, 15) is 4.79 Å². The third-order valence-electron chi connectivity index (χ3n) is 4.16. The number of rotatable bonds is 5. The van der Waals surface area contributed by atoms with Crippen LogP contribution in [-0.4, -0.2) is 18.9 Å². The van der Waals surface area contributed by atoms with Crippen LogP contribution in [0.4, 0.5) is 0 Å². The molecule has 0 aliphatic heterocycles. The Hall–Kier alpha value is -2.55. The van der Waals surface area contributed by atoms with Crippen molar-refractivity contribution in [3.8, 4) is 5.75 Å². The molecule has 1 unspecified atom stereocenters. The zero-order valence-corrected chi connectivity index (χ0v) is 13.5. The van der Waals surface area contributed by atoms with Gasteiger partial charge >= 0.3 is 0 Å². The second-order valence-corrected chi connectivity index (χ2v) is 5.96. The summed E-state index contributed by atoms with van der Waals surface area (Å²) >= 11 is 0. The molecule has 3 nitrogen and oxygen atoms in total. The summed E-state index contributed by atoms with van der Waals surface area (Å²) in [5.74, 6) is 0.908. The fraction of sp³-hybridized carbons (Fsp3) is 0.250. The summed E-state index contributed by atoms with van der Waals surface area (Å²) in [4.78, 5) is 12.4. The number of hydrogen-bond acceptors (Lipinski definition) is 3. The van der Waals surface area contributed by atoms with E-state index in [0.717, 1.165) is 28.9 Å². The van der Waals surface area contributed by atoms with Crippen LogP contribution in [0, 0.1) is 0 Å². The summed E-state index contributed by atoms with van der Waals surface area (Å²) in [6, 6.07) is 16.3. The van der Waals surface area contributed by atoms with Gasteiger partial charge in [0.05, 0.1) is 7.11 Å². The van der Waals surface area contributed by atoms with E-state index in [4.69, 9.17) is 4.74 Å². The Labute approximate surface area is 137 Å². The molecule has 3 rings (SSSR count). The van der Waals surface area contributed by atoms with Crippen LogP contribution in [0.2, 0.25) is 0 Å². The molecule has 23 heavy (non-hydrogen) atoms. The number of Topliss-reactive ketones (excluding diaryl/α,β-unsaturated/α-hetero) is 1. The Morgan fingerprint density at radius 1 is 1.22 bits per heavy atom. The summed E-state index contributed by atoms with van der Waals surface area (Å²) in [5.41, 5.74) is 3.93. The molecule has 1 N–H and O–H groups in total. The average Bonchev–Trinajstić information content (AvgIpc) is 2.89. The molecular formula is C20H21NO2. The molecule has 1 aliphatic carbocycles. The molecule has 0 saturated carbocycles. The third kappa shape index (κ3) is 3.45. The van der Waals surface area contributed by atoms with Gasteiger partial charge in [-0.25, -0.2) is 0 Å². The van der Waals surface area contributed by atoms with Crippen LogP contribution in [0.3, 0.4) is 0 Å². The molecule has 2 aromatic rings. The van der Waals surface area contributed by atoms with Crippen LogP contribution in [0.15, 0.2) is 60.3 Å². The lowest BCUT2D eigenvalue weighted by atomic mass is 10.1. The molecule has 0 saturated heterocycles. The number of ether oxygens (including phenoxy) is 1. The Morgan fingerprint density at radius 2 is 2.00 bits per heavy atom. The topological polar surface area (TPSA) is 38.3 Å². The minimum Gasteiger partial charge on any atom is -0.497 e. The van der Waals surface area contributed by atoms with Crippen LogP contribution in [0.1, 0.15) is 28.4 Å². The van der Waals surface area contributed by atoms with Crippen molar-refractivity contribution in [1.82, 2.24) is 5.32 Å². The Bertz CT molecular complexity index is 735. The molecule has 2 aromatic carbocycles. The Morgan fingerprint density at radius 3 is 2.74 bits per heavy atom. The van der Waals surface area contributed by atoms with E-state index in [1.807, 2.05) is 42.6 Å².